The number of hydrogen-bond acceptors (Lipinski definition) is 3. The third kappa shape index (κ3) is 1.78. The van der Waals surface area contributed by atoms with Gasteiger partial charge in [0.15, 0.2) is 5.65 Å². The Hall–Kier alpha value is -2.30. The maximum atomic E-state index is 6.13. The molecule has 20 heavy (non-hydrogen) atoms. The fourth-order valence-electron chi connectivity index (χ4n) is 2.77. The highest BCUT2D eigenvalue weighted by Crippen LogP contribution is 2.26. The standard InChI is InChI=1S/C15H19N5/c1-5-12-13-14(19(4)18-12)20(15(16)17-13)11-7-9(2)6-10(3)8-11/h6-8H,5H2,1-4H3,(H2,16,17). The maximum Gasteiger partial charge on any atom is 0.207 e. The normalized spacial score (nSPS) is 11.4. The Balaban J connectivity index is 2.35. The average molecular weight is 269 g/mol. The van der Waals surface area contributed by atoms with Crippen LogP contribution >= 0.6 is 0 Å². The van der Waals surface area contributed by atoms with Gasteiger partial charge in [0.2, 0.25) is 5.95 Å². The summed E-state index contributed by atoms with van der Waals surface area (Å²) in [5.41, 5.74) is 12.4. The van der Waals surface area contributed by atoms with Gasteiger partial charge < -0.3 is 5.73 Å². The summed E-state index contributed by atoms with van der Waals surface area (Å²) in [6, 6.07) is 6.38. The molecule has 5 heteroatoms. The van der Waals surface area contributed by atoms with E-state index in [0.717, 1.165) is 29.0 Å². The predicted octanol–water partition coefficient (Wildman–Crippen LogP) is 2.52. The minimum atomic E-state index is 0.507. The predicted molar refractivity (Wildman–Crippen MR) is 81.1 cm³/mol. The zero-order chi connectivity index (χ0) is 14.4. The van der Waals surface area contributed by atoms with Gasteiger partial charge in [0.1, 0.15) is 5.52 Å². The van der Waals surface area contributed by atoms with Crippen LogP contribution in [-0.4, -0.2) is 19.3 Å². The Bertz CT molecular complexity index is 774. The van der Waals surface area contributed by atoms with E-state index in [1.165, 1.54) is 11.1 Å². The van der Waals surface area contributed by atoms with Crippen LogP contribution in [0.4, 0.5) is 5.95 Å². The molecule has 0 saturated carbocycles. The molecule has 5 nitrogen and oxygen atoms in total. The van der Waals surface area contributed by atoms with Crippen LogP contribution in [0.3, 0.4) is 0 Å². The van der Waals surface area contributed by atoms with Crippen molar-refractivity contribution in [3.8, 4) is 5.69 Å². The number of aromatic nitrogens is 4. The van der Waals surface area contributed by atoms with Crippen LogP contribution in [-0.2, 0) is 13.5 Å². The number of benzene rings is 1. The van der Waals surface area contributed by atoms with E-state index in [1.54, 1.807) is 0 Å². The van der Waals surface area contributed by atoms with Crippen molar-refractivity contribution in [1.29, 1.82) is 0 Å². The summed E-state index contributed by atoms with van der Waals surface area (Å²) in [4.78, 5) is 4.50. The summed E-state index contributed by atoms with van der Waals surface area (Å²) >= 11 is 0. The van der Waals surface area contributed by atoms with Gasteiger partial charge in [-0.05, 0) is 43.5 Å². The minimum absolute atomic E-state index is 0.507. The van der Waals surface area contributed by atoms with E-state index < -0.39 is 0 Å². The number of rotatable bonds is 2. The Morgan fingerprint density at radius 2 is 1.80 bits per heavy atom. The molecule has 0 aliphatic rings. The van der Waals surface area contributed by atoms with Crippen molar-refractivity contribution in [2.24, 2.45) is 7.05 Å². The molecule has 3 aromatic rings. The van der Waals surface area contributed by atoms with Crippen LogP contribution in [0.2, 0.25) is 0 Å². The molecule has 104 valence electrons. The van der Waals surface area contributed by atoms with E-state index in [-0.39, 0.29) is 0 Å². The number of aryl methyl sites for hydroxylation is 4. The van der Waals surface area contributed by atoms with Gasteiger partial charge in [0.25, 0.3) is 0 Å². The van der Waals surface area contributed by atoms with E-state index in [4.69, 9.17) is 5.73 Å². The first-order chi connectivity index (χ1) is 9.51. The highest BCUT2D eigenvalue weighted by molar-refractivity contribution is 5.80. The molecule has 2 N–H and O–H groups in total. The topological polar surface area (TPSA) is 61.7 Å². The van der Waals surface area contributed by atoms with E-state index in [0.29, 0.717) is 5.95 Å². The minimum Gasteiger partial charge on any atom is -0.369 e. The molecule has 0 aliphatic heterocycles. The summed E-state index contributed by atoms with van der Waals surface area (Å²) in [5, 5.41) is 4.52. The van der Waals surface area contributed by atoms with Crippen LogP contribution in [0, 0.1) is 13.8 Å². The average Bonchev–Trinajstić information content (AvgIpc) is 2.85. The van der Waals surface area contributed by atoms with Gasteiger partial charge in [0, 0.05) is 7.05 Å². The molecule has 0 unspecified atom stereocenters. The largest absolute Gasteiger partial charge is 0.369 e. The molecular formula is C15H19N5. The van der Waals surface area contributed by atoms with Crippen molar-refractivity contribution >= 4 is 17.1 Å². The van der Waals surface area contributed by atoms with Crippen LogP contribution in [0.5, 0.6) is 0 Å². The molecule has 0 aliphatic carbocycles. The van der Waals surface area contributed by atoms with Gasteiger partial charge in [-0.15, -0.1) is 0 Å². The number of hydrogen-bond donors (Lipinski definition) is 1. The van der Waals surface area contributed by atoms with Crippen molar-refractivity contribution in [1.82, 2.24) is 19.3 Å². The Morgan fingerprint density at radius 3 is 2.40 bits per heavy atom. The Morgan fingerprint density at radius 1 is 1.15 bits per heavy atom. The van der Waals surface area contributed by atoms with E-state index in [1.807, 2.05) is 16.3 Å². The van der Waals surface area contributed by atoms with Crippen molar-refractivity contribution < 1.29 is 0 Å². The summed E-state index contributed by atoms with van der Waals surface area (Å²) in [6.07, 6.45) is 0.848. The lowest BCUT2D eigenvalue weighted by Crippen LogP contribution is -2.05. The van der Waals surface area contributed by atoms with Crippen LogP contribution in [0.15, 0.2) is 18.2 Å². The Kier molecular flexibility index (Phi) is 2.78. The van der Waals surface area contributed by atoms with E-state index in [2.05, 4.69) is 49.1 Å². The second kappa shape index (κ2) is 4.37. The monoisotopic (exact) mass is 269 g/mol. The highest BCUT2D eigenvalue weighted by atomic mass is 15.3. The number of nitrogens with two attached hydrogens (primary N) is 1. The number of nitrogens with zero attached hydrogens (tertiary/aromatic N) is 4. The zero-order valence-electron chi connectivity index (χ0n) is 12.3. The number of nitrogen functional groups attached to an aromatic ring is 1. The smallest absolute Gasteiger partial charge is 0.207 e. The molecule has 3 rings (SSSR count). The molecule has 0 atom stereocenters. The fraction of sp³-hybridized carbons (Fsp3) is 0.333. The van der Waals surface area contributed by atoms with Gasteiger partial charge in [0.05, 0.1) is 11.4 Å². The van der Waals surface area contributed by atoms with Crippen LogP contribution in [0.1, 0.15) is 23.7 Å². The molecule has 2 heterocycles. The lowest BCUT2D eigenvalue weighted by molar-refractivity contribution is 0.751. The van der Waals surface area contributed by atoms with Crippen molar-refractivity contribution in [3.63, 3.8) is 0 Å². The lowest BCUT2D eigenvalue weighted by Gasteiger charge is -2.09. The van der Waals surface area contributed by atoms with Gasteiger partial charge >= 0.3 is 0 Å². The Labute approximate surface area is 118 Å². The van der Waals surface area contributed by atoms with Crippen molar-refractivity contribution in [2.45, 2.75) is 27.2 Å². The first kappa shape index (κ1) is 12.7. The molecule has 0 bridgehead atoms. The number of fused-ring (bicyclic) bond motifs is 1. The number of imidazole rings is 1. The quantitative estimate of drug-likeness (QED) is 0.777. The van der Waals surface area contributed by atoms with E-state index >= 15 is 0 Å². The van der Waals surface area contributed by atoms with Gasteiger partial charge in [-0.3, -0.25) is 4.57 Å². The third-order valence-corrected chi connectivity index (χ3v) is 3.53. The summed E-state index contributed by atoms with van der Waals surface area (Å²) in [6.45, 7) is 6.25. The van der Waals surface area contributed by atoms with Crippen molar-refractivity contribution in [3.05, 3.63) is 35.0 Å². The SMILES string of the molecule is CCc1nn(C)c2c1nc(N)n2-c1cc(C)cc(C)c1. The molecule has 0 saturated heterocycles. The van der Waals surface area contributed by atoms with Crippen LogP contribution < -0.4 is 5.73 Å². The third-order valence-electron chi connectivity index (χ3n) is 3.53. The van der Waals surface area contributed by atoms with Crippen LogP contribution in [0.25, 0.3) is 16.9 Å². The first-order valence-electron chi connectivity index (χ1n) is 6.79. The van der Waals surface area contributed by atoms with Gasteiger partial charge in [-0.1, -0.05) is 13.0 Å². The second-order valence-corrected chi connectivity index (χ2v) is 5.25. The first-order valence-corrected chi connectivity index (χ1v) is 6.79. The van der Waals surface area contributed by atoms with Gasteiger partial charge in [-0.2, -0.15) is 5.10 Å². The lowest BCUT2D eigenvalue weighted by atomic mass is 10.1. The van der Waals surface area contributed by atoms with Crippen molar-refractivity contribution in [2.75, 3.05) is 5.73 Å². The highest BCUT2D eigenvalue weighted by Gasteiger charge is 2.18. The maximum absolute atomic E-state index is 6.13. The van der Waals surface area contributed by atoms with Gasteiger partial charge in [-0.25, -0.2) is 9.67 Å². The van der Waals surface area contributed by atoms with E-state index in [9.17, 15) is 0 Å². The molecule has 0 amide bonds. The molecular weight excluding hydrogens is 250 g/mol. The zero-order valence-corrected chi connectivity index (χ0v) is 12.3. The summed E-state index contributed by atoms with van der Waals surface area (Å²) in [7, 11) is 1.93. The molecule has 0 radical (unpaired) electrons. The summed E-state index contributed by atoms with van der Waals surface area (Å²) < 4.78 is 3.83. The molecule has 2 aromatic heterocycles. The molecule has 0 fully saturated rings. The molecule has 1 aromatic carbocycles. The summed E-state index contributed by atoms with van der Waals surface area (Å²) in [5.74, 6) is 0.507. The second-order valence-electron chi connectivity index (χ2n) is 5.25. The number of anilines is 1. The molecule has 0 spiro atoms. The fourth-order valence-corrected chi connectivity index (χ4v) is 2.77.